The quantitative estimate of drug-likeness (QED) is 0.440. The normalized spacial score (nSPS) is 18.9. The van der Waals surface area contributed by atoms with Crippen molar-refractivity contribution in [3.8, 4) is 0 Å². The van der Waals surface area contributed by atoms with E-state index in [0.717, 1.165) is 36.1 Å². The van der Waals surface area contributed by atoms with Crippen LogP contribution in [0.5, 0.6) is 0 Å². The van der Waals surface area contributed by atoms with Crippen LogP contribution in [0.1, 0.15) is 64.0 Å². The number of hydrogen-bond acceptors (Lipinski definition) is 5. The predicted octanol–water partition coefficient (Wildman–Crippen LogP) is 3.98. The molecule has 1 aliphatic rings. The molecule has 0 amide bonds. The standard InChI is InChI=1S/C26H39N3O4S2/c1-20(2)34(30,31)27-17-18-29(19-22-9-6-5-7-10-22)24-15-13-23(14-16-24)25-11-8-12-26(25)28-35(32,33)21(3)4/h5-7,9-10,13-16,20-21,25-28H,8,11-12,17-19H2,1-4H3/t25-,26-/m0/s1. The van der Waals surface area contributed by atoms with E-state index in [2.05, 4.69) is 50.7 Å². The van der Waals surface area contributed by atoms with Crippen LogP contribution < -0.4 is 14.3 Å². The van der Waals surface area contributed by atoms with Crippen LogP contribution in [0.3, 0.4) is 0 Å². The van der Waals surface area contributed by atoms with Gasteiger partial charge < -0.3 is 4.90 Å². The van der Waals surface area contributed by atoms with Gasteiger partial charge in [0.05, 0.1) is 10.5 Å². The maximum absolute atomic E-state index is 12.4. The molecule has 194 valence electrons. The number of anilines is 1. The number of hydrogen-bond donors (Lipinski definition) is 2. The molecule has 7 nitrogen and oxygen atoms in total. The van der Waals surface area contributed by atoms with Crippen LogP contribution in [0.4, 0.5) is 5.69 Å². The van der Waals surface area contributed by atoms with Gasteiger partial charge in [-0.05, 0) is 63.8 Å². The van der Waals surface area contributed by atoms with E-state index in [1.807, 2.05) is 18.2 Å². The Hall–Kier alpha value is -1.94. The van der Waals surface area contributed by atoms with E-state index in [1.165, 1.54) is 0 Å². The minimum atomic E-state index is -3.33. The van der Waals surface area contributed by atoms with Gasteiger partial charge in [-0.1, -0.05) is 48.9 Å². The highest BCUT2D eigenvalue weighted by Gasteiger charge is 2.32. The van der Waals surface area contributed by atoms with Crippen LogP contribution >= 0.6 is 0 Å². The number of benzene rings is 2. The van der Waals surface area contributed by atoms with Crippen molar-refractivity contribution in [1.82, 2.24) is 9.44 Å². The van der Waals surface area contributed by atoms with Gasteiger partial charge in [0, 0.05) is 37.3 Å². The molecule has 2 aromatic rings. The highest BCUT2D eigenvalue weighted by atomic mass is 32.2. The molecule has 0 spiro atoms. The van der Waals surface area contributed by atoms with E-state index >= 15 is 0 Å². The summed E-state index contributed by atoms with van der Waals surface area (Å²) in [4.78, 5) is 2.16. The molecular formula is C26H39N3O4S2. The molecule has 2 aromatic carbocycles. The zero-order valence-corrected chi connectivity index (χ0v) is 22.8. The fourth-order valence-electron chi connectivity index (χ4n) is 4.37. The SMILES string of the molecule is CC(C)S(=O)(=O)NCCN(Cc1ccccc1)c1ccc([C@@H]2CCC[C@@H]2NS(=O)(=O)C(C)C)cc1. The van der Waals surface area contributed by atoms with Crippen LogP contribution in [0, 0.1) is 0 Å². The summed E-state index contributed by atoms with van der Waals surface area (Å²) in [5.74, 6) is 0.151. The summed E-state index contributed by atoms with van der Waals surface area (Å²) in [6.07, 6.45) is 2.79. The van der Waals surface area contributed by atoms with Gasteiger partial charge in [0.1, 0.15) is 0 Å². The third-order valence-corrected chi connectivity index (χ3v) is 10.4. The summed E-state index contributed by atoms with van der Waals surface area (Å²) in [6, 6.07) is 18.3. The molecule has 1 fully saturated rings. The first-order valence-electron chi connectivity index (χ1n) is 12.4. The zero-order chi connectivity index (χ0) is 25.6. The fraction of sp³-hybridized carbons (Fsp3) is 0.538. The van der Waals surface area contributed by atoms with Gasteiger partial charge in [-0.15, -0.1) is 0 Å². The largest absolute Gasteiger partial charge is 0.366 e. The lowest BCUT2D eigenvalue weighted by Crippen LogP contribution is -2.40. The minimum Gasteiger partial charge on any atom is -0.366 e. The van der Waals surface area contributed by atoms with Gasteiger partial charge >= 0.3 is 0 Å². The van der Waals surface area contributed by atoms with E-state index in [-0.39, 0.29) is 12.0 Å². The van der Waals surface area contributed by atoms with Crippen molar-refractivity contribution in [1.29, 1.82) is 0 Å². The van der Waals surface area contributed by atoms with Crippen LogP contribution in [-0.2, 0) is 26.6 Å². The van der Waals surface area contributed by atoms with Crippen LogP contribution in [0.25, 0.3) is 0 Å². The molecule has 3 rings (SSSR count). The summed E-state index contributed by atoms with van der Waals surface area (Å²) >= 11 is 0. The van der Waals surface area contributed by atoms with Crippen LogP contribution in [0.2, 0.25) is 0 Å². The summed E-state index contributed by atoms with van der Waals surface area (Å²) < 4.78 is 54.9. The summed E-state index contributed by atoms with van der Waals surface area (Å²) in [5.41, 5.74) is 3.27. The molecule has 9 heteroatoms. The molecule has 1 saturated carbocycles. The van der Waals surface area contributed by atoms with Crippen LogP contribution in [-0.4, -0.2) is 46.5 Å². The Labute approximate surface area is 211 Å². The predicted molar refractivity (Wildman–Crippen MR) is 144 cm³/mol. The van der Waals surface area contributed by atoms with E-state index in [4.69, 9.17) is 0 Å². The summed E-state index contributed by atoms with van der Waals surface area (Å²) in [5, 5.41) is -0.928. The lowest BCUT2D eigenvalue weighted by atomic mass is 9.94. The first-order chi connectivity index (χ1) is 16.5. The van der Waals surface area contributed by atoms with Crippen LogP contribution in [0.15, 0.2) is 54.6 Å². The molecule has 0 aromatic heterocycles. The fourth-order valence-corrected chi connectivity index (χ4v) is 6.06. The third-order valence-electron chi connectivity index (χ3n) is 6.66. The molecule has 0 radical (unpaired) electrons. The number of sulfonamides is 2. The van der Waals surface area contributed by atoms with Gasteiger partial charge in [0.2, 0.25) is 20.0 Å². The smallest absolute Gasteiger partial charge is 0.214 e. The first kappa shape index (κ1) is 27.6. The van der Waals surface area contributed by atoms with E-state index in [1.54, 1.807) is 27.7 Å². The highest BCUT2D eigenvalue weighted by molar-refractivity contribution is 7.90. The summed E-state index contributed by atoms with van der Waals surface area (Å²) in [7, 11) is -6.65. The van der Waals surface area contributed by atoms with Gasteiger partial charge in [0.25, 0.3) is 0 Å². The average molecular weight is 522 g/mol. The van der Waals surface area contributed by atoms with Crippen molar-refractivity contribution < 1.29 is 16.8 Å². The van der Waals surface area contributed by atoms with Crippen molar-refractivity contribution in [2.75, 3.05) is 18.0 Å². The Kier molecular flexibility index (Phi) is 9.37. The second kappa shape index (κ2) is 11.9. The maximum Gasteiger partial charge on any atom is 0.214 e. The van der Waals surface area contributed by atoms with Gasteiger partial charge in [0.15, 0.2) is 0 Å². The molecule has 0 bridgehead atoms. The Morgan fingerprint density at radius 3 is 2.09 bits per heavy atom. The topological polar surface area (TPSA) is 95.6 Å². The summed E-state index contributed by atoms with van der Waals surface area (Å²) in [6.45, 7) is 8.23. The second-order valence-electron chi connectivity index (χ2n) is 9.84. The molecule has 0 unspecified atom stereocenters. The monoisotopic (exact) mass is 521 g/mol. The highest BCUT2D eigenvalue weighted by Crippen LogP contribution is 2.36. The minimum absolute atomic E-state index is 0.0842. The van der Waals surface area contributed by atoms with E-state index in [9.17, 15) is 16.8 Å². The van der Waals surface area contributed by atoms with E-state index in [0.29, 0.717) is 19.6 Å². The Morgan fingerprint density at radius 2 is 1.49 bits per heavy atom. The molecular weight excluding hydrogens is 482 g/mol. The number of nitrogens with one attached hydrogen (secondary N) is 2. The lowest BCUT2D eigenvalue weighted by Gasteiger charge is -2.27. The number of rotatable bonds is 12. The van der Waals surface area contributed by atoms with Gasteiger partial charge in [-0.3, -0.25) is 0 Å². The average Bonchev–Trinajstić information content (AvgIpc) is 3.26. The Bertz CT molecular complexity index is 1150. The van der Waals surface area contributed by atoms with Crippen molar-refractivity contribution >= 4 is 25.7 Å². The molecule has 2 atom stereocenters. The lowest BCUT2D eigenvalue weighted by molar-refractivity contribution is 0.519. The van der Waals surface area contributed by atoms with Crippen molar-refractivity contribution in [3.05, 3.63) is 65.7 Å². The molecule has 2 N–H and O–H groups in total. The molecule has 0 heterocycles. The van der Waals surface area contributed by atoms with Crippen molar-refractivity contribution in [2.24, 2.45) is 0 Å². The molecule has 35 heavy (non-hydrogen) atoms. The van der Waals surface area contributed by atoms with Crippen molar-refractivity contribution in [2.45, 2.75) is 76.0 Å². The zero-order valence-electron chi connectivity index (χ0n) is 21.1. The van der Waals surface area contributed by atoms with E-state index < -0.39 is 30.5 Å². The first-order valence-corrected chi connectivity index (χ1v) is 15.5. The Balaban J connectivity index is 1.76. The maximum atomic E-state index is 12.4. The molecule has 0 saturated heterocycles. The van der Waals surface area contributed by atoms with Gasteiger partial charge in [-0.25, -0.2) is 26.3 Å². The molecule has 1 aliphatic carbocycles. The number of nitrogens with zero attached hydrogens (tertiary/aromatic N) is 1. The molecule has 0 aliphatic heterocycles. The Morgan fingerprint density at radius 1 is 0.857 bits per heavy atom. The second-order valence-corrected chi connectivity index (χ2v) is 14.4. The third kappa shape index (κ3) is 7.52. The van der Waals surface area contributed by atoms with Gasteiger partial charge in [-0.2, -0.15) is 0 Å². The van der Waals surface area contributed by atoms with Crippen molar-refractivity contribution in [3.63, 3.8) is 0 Å².